The molecule has 3 atom stereocenters. The molecule has 192 valence electrons. The third-order valence-corrected chi connectivity index (χ3v) is 8.24. The topological polar surface area (TPSA) is 70.7 Å². The normalized spacial score (nSPS) is 32.1. The van der Waals surface area contributed by atoms with E-state index in [2.05, 4.69) is 10.6 Å². The van der Waals surface area contributed by atoms with Crippen LogP contribution in [0.2, 0.25) is 0 Å². The largest absolute Gasteiger partial charge is 0.376 e. The minimum absolute atomic E-state index is 0.0736. The average molecular weight is 494 g/mol. The fourth-order valence-electron chi connectivity index (χ4n) is 6.20. The number of rotatable bonds is 6. The van der Waals surface area contributed by atoms with Crippen molar-refractivity contribution in [2.45, 2.75) is 102 Å². The zero-order valence-electron chi connectivity index (χ0n) is 19.9. The van der Waals surface area contributed by atoms with E-state index in [0.717, 1.165) is 31.2 Å². The van der Waals surface area contributed by atoms with Crippen LogP contribution in [0.15, 0.2) is 12.1 Å². The Labute approximate surface area is 203 Å². The van der Waals surface area contributed by atoms with Crippen molar-refractivity contribution in [3.63, 3.8) is 0 Å². The molecule has 4 aliphatic rings. The summed E-state index contributed by atoms with van der Waals surface area (Å²) in [7, 11) is 0. The lowest BCUT2D eigenvalue weighted by Gasteiger charge is -2.37. The zero-order chi connectivity index (χ0) is 24.5. The van der Waals surface area contributed by atoms with Gasteiger partial charge in [0.05, 0.1) is 12.1 Å². The molecule has 1 aromatic rings. The maximum Gasteiger partial charge on any atom is 0.243 e. The SMILES string of the molecule is O=C1CC[C@H](N2Cc3ccc(C[C@H]4OCCC[C@@H]4NC4CCC(C(F)F)CC4)c(F)c3C2)C(=O)N1. The van der Waals surface area contributed by atoms with E-state index in [4.69, 9.17) is 4.74 Å². The summed E-state index contributed by atoms with van der Waals surface area (Å²) in [6, 6.07) is 3.62. The molecule has 2 amide bonds. The fraction of sp³-hybridized carbons (Fsp3) is 0.692. The van der Waals surface area contributed by atoms with Crippen LogP contribution in [0.3, 0.4) is 0 Å². The molecule has 1 saturated carbocycles. The van der Waals surface area contributed by atoms with Gasteiger partial charge < -0.3 is 10.1 Å². The number of benzene rings is 1. The molecule has 0 bridgehead atoms. The molecule has 0 radical (unpaired) electrons. The van der Waals surface area contributed by atoms with E-state index >= 15 is 4.39 Å². The number of hydrogen-bond donors (Lipinski definition) is 2. The van der Waals surface area contributed by atoms with Crippen molar-refractivity contribution in [2.24, 2.45) is 5.92 Å². The molecule has 2 saturated heterocycles. The second-order valence-electron chi connectivity index (χ2n) is 10.5. The van der Waals surface area contributed by atoms with Gasteiger partial charge in [-0.3, -0.25) is 19.8 Å². The summed E-state index contributed by atoms with van der Waals surface area (Å²) in [6.07, 6.45) is 3.19. The number of amides is 2. The number of nitrogens with one attached hydrogen (secondary N) is 2. The van der Waals surface area contributed by atoms with Crippen LogP contribution < -0.4 is 10.6 Å². The number of carbonyl (C=O) groups is 2. The van der Waals surface area contributed by atoms with Gasteiger partial charge in [0.2, 0.25) is 18.2 Å². The Hall–Kier alpha value is -1.97. The number of alkyl halides is 2. The highest BCUT2D eigenvalue weighted by molar-refractivity contribution is 6.00. The van der Waals surface area contributed by atoms with Crippen LogP contribution in [0.4, 0.5) is 13.2 Å². The maximum absolute atomic E-state index is 15.6. The van der Waals surface area contributed by atoms with Gasteiger partial charge in [-0.05, 0) is 56.1 Å². The Kier molecular flexibility index (Phi) is 7.46. The van der Waals surface area contributed by atoms with Crippen molar-refractivity contribution in [1.29, 1.82) is 0 Å². The summed E-state index contributed by atoms with van der Waals surface area (Å²) in [4.78, 5) is 25.7. The maximum atomic E-state index is 15.6. The van der Waals surface area contributed by atoms with E-state index in [9.17, 15) is 18.4 Å². The molecule has 9 heteroatoms. The lowest BCUT2D eigenvalue weighted by molar-refractivity contribution is -0.137. The van der Waals surface area contributed by atoms with E-state index in [-0.39, 0.29) is 35.8 Å². The smallest absolute Gasteiger partial charge is 0.243 e. The summed E-state index contributed by atoms with van der Waals surface area (Å²) in [5, 5.41) is 6.03. The van der Waals surface area contributed by atoms with Gasteiger partial charge in [0, 0.05) is 56.1 Å². The molecule has 0 spiro atoms. The van der Waals surface area contributed by atoms with Crippen molar-refractivity contribution < 1.29 is 27.5 Å². The molecule has 35 heavy (non-hydrogen) atoms. The number of ether oxygens (including phenoxy) is 1. The average Bonchev–Trinajstić information content (AvgIpc) is 3.27. The lowest BCUT2D eigenvalue weighted by atomic mass is 9.85. The van der Waals surface area contributed by atoms with E-state index in [1.54, 1.807) is 0 Å². The third kappa shape index (κ3) is 5.42. The first-order valence-corrected chi connectivity index (χ1v) is 12.9. The van der Waals surface area contributed by atoms with E-state index in [1.165, 1.54) is 0 Å². The summed E-state index contributed by atoms with van der Waals surface area (Å²) in [5.41, 5.74) is 2.11. The summed E-state index contributed by atoms with van der Waals surface area (Å²) in [5.74, 6) is -1.29. The molecule has 6 nitrogen and oxygen atoms in total. The van der Waals surface area contributed by atoms with Gasteiger partial charge in [-0.25, -0.2) is 13.2 Å². The highest BCUT2D eigenvalue weighted by Crippen LogP contribution is 2.33. The van der Waals surface area contributed by atoms with Gasteiger partial charge in [0.15, 0.2) is 0 Å². The number of piperidine rings is 1. The molecule has 1 aliphatic carbocycles. The first-order valence-electron chi connectivity index (χ1n) is 12.9. The van der Waals surface area contributed by atoms with Crippen molar-refractivity contribution in [3.05, 3.63) is 34.6 Å². The molecule has 0 unspecified atom stereocenters. The van der Waals surface area contributed by atoms with Gasteiger partial charge in [-0.1, -0.05) is 12.1 Å². The molecule has 5 rings (SSSR count). The Morgan fingerprint density at radius 3 is 2.63 bits per heavy atom. The van der Waals surface area contributed by atoms with Gasteiger partial charge in [-0.2, -0.15) is 0 Å². The van der Waals surface area contributed by atoms with E-state index in [0.29, 0.717) is 62.9 Å². The zero-order valence-corrected chi connectivity index (χ0v) is 19.9. The first kappa shape index (κ1) is 24.7. The summed E-state index contributed by atoms with van der Waals surface area (Å²) >= 11 is 0. The summed E-state index contributed by atoms with van der Waals surface area (Å²) < 4.78 is 47.7. The van der Waals surface area contributed by atoms with Crippen LogP contribution >= 0.6 is 0 Å². The predicted molar refractivity (Wildman–Crippen MR) is 123 cm³/mol. The Morgan fingerprint density at radius 2 is 1.89 bits per heavy atom. The van der Waals surface area contributed by atoms with Crippen LogP contribution in [0.5, 0.6) is 0 Å². The molecule has 3 heterocycles. The molecule has 1 aromatic carbocycles. The van der Waals surface area contributed by atoms with Crippen molar-refractivity contribution in [3.8, 4) is 0 Å². The lowest BCUT2D eigenvalue weighted by Crippen LogP contribution is -2.50. The van der Waals surface area contributed by atoms with Crippen LogP contribution in [-0.4, -0.2) is 54.0 Å². The van der Waals surface area contributed by atoms with Crippen molar-refractivity contribution >= 4 is 11.8 Å². The number of hydrogen-bond acceptors (Lipinski definition) is 5. The molecule has 3 fully saturated rings. The standard InChI is InChI=1S/C26H34F3N3O3/c27-24-16(3-4-17-13-32(14-19(17)24)21-9-10-23(33)31-26(21)34)12-22-20(2-1-11-35-22)30-18-7-5-15(6-8-18)25(28)29/h3-4,15,18,20-22,25,30H,1-2,5-14H2,(H,31,33,34)/t15?,18?,20-,21-,22+/m0/s1. The third-order valence-electron chi connectivity index (χ3n) is 8.24. The number of imide groups is 1. The minimum atomic E-state index is -2.24. The van der Waals surface area contributed by atoms with Crippen LogP contribution in [0.25, 0.3) is 0 Å². The van der Waals surface area contributed by atoms with Crippen molar-refractivity contribution in [2.75, 3.05) is 6.61 Å². The second kappa shape index (κ2) is 10.6. The van der Waals surface area contributed by atoms with Crippen molar-refractivity contribution in [1.82, 2.24) is 15.5 Å². The molecule has 2 N–H and O–H groups in total. The minimum Gasteiger partial charge on any atom is -0.376 e. The van der Waals surface area contributed by atoms with Crippen LogP contribution in [0.1, 0.15) is 68.1 Å². The molecular weight excluding hydrogens is 459 g/mol. The Balaban J connectivity index is 1.22. The van der Waals surface area contributed by atoms with Crippen LogP contribution in [-0.2, 0) is 33.8 Å². The number of nitrogens with zero attached hydrogens (tertiary/aromatic N) is 1. The highest BCUT2D eigenvalue weighted by atomic mass is 19.3. The molecule has 3 aliphatic heterocycles. The predicted octanol–water partition coefficient (Wildman–Crippen LogP) is 3.45. The van der Waals surface area contributed by atoms with Gasteiger partial charge in [0.25, 0.3) is 0 Å². The molecular formula is C26H34F3N3O3. The molecule has 0 aromatic heterocycles. The summed E-state index contributed by atoms with van der Waals surface area (Å²) in [6.45, 7) is 1.48. The van der Waals surface area contributed by atoms with E-state index in [1.807, 2.05) is 17.0 Å². The van der Waals surface area contributed by atoms with Gasteiger partial charge in [-0.15, -0.1) is 0 Å². The monoisotopic (exact) mass is 493 g/mol. The Bertz CT molecular complexity index is 951. The number of carbonyl (C=O) groups excluding carboxylic acids is 2. The number of halogens is 3. The quantitative estimate of drug-likeness (QED) is 0.594. The second-order valence-corrected chi connectivity index (χ2v) is 10.5. The highest BCUT2D eigenvalue weighted by Gasteiger charge is 2.37. The van der Waals surface area contributed by atoms with Gasteiger partial charge in [0.1, 0.15) is 5.82 Å². The first-order chi connectivity index (χ1) is 16.9. The van der Waals surface area contributed by atoms with Crippen LogP contribution in [0, 0.1) is 11.7 Å². The fourth-order valence-corrected chi connectivity index (χ4v) is 6.20. The Morgan fingerprint density at radius 1 is 1.09 bits per heavy atom. The van der Waals surface area contributed by atoms with E-state index < -0.39 is 18.4 Å². The van der Waals surface area contributed by atoms with Gasteiger partial charge >= 0.3 is 0 Å². The number of fused-ring (bicyclic) bond motifs is 1.